The van der Waals surface area contributed by atoms with Crippen LogP contribution in [0.15, 0.2) is 12.2 Å². The van der Waals surface area contributed by atoms with E-state index in [1.54, 1.807) is 13.8 Å². The maximum atomic E-state index is 12.3. The van der Waals surface area contributed by atoms with Crippen LogP contribution in [0, 0.1) is 23.7 Å². The number of allylic oxidation sites excluding steroid dienone is 1. The minimum absolute atomic E-state index is 0.0654. The molecule has 0 radical (unpaired) electrons. The van der Waals surface area contributed by atoms with Gasteiger partial charge in [-0.3, -0.25) is 9.59 Å². The molecule has 0 unspecified atom stereocenters. The van der Waals surface area contributed by atoms with Crippen LogP contribution in [0.3, 0.4) is 0 Å². The zero-order valence-electron chi connectivity index (χ0n) is 13.7. The van der Waals surface area contributed by atoms with Crippen LogP contribution >= 0.6 is 0 Å². The number of esters is 2. The molecule has 21 heavy (non-hydrogen) atoms. The normalized spacial score (nSPS) is 25.5. The zero-order valence-corrected chi connectivity index (χ0v) is 13.7. The van der Waals surface area contributed by atoms with Crippen molar-refractivity contribution in [1.82, 2.24) is 0 Å². The largest absolute Gasteiger partial charge is 0.465 e. The Morgan fingerprint density at radius 3 is 2.10 bits per heavy atom. The highest BCUT2D eigenvalue weighted by Gasteiger charge is 2.43. The van der Waals surface area contributed by atoms with E-state index in [9.17, 15) is 9.59 Å². The van der Waals surface area contributed by atoms with Gasteiger partial charge in [0.2, 0.25) is 0 Å². The van der Waals surface area contributed by atoms with Gasteiger partial charge >= 0.3 is 11.9 Å². The van der Waals surface area contributed by atoms with Gasteiger partial charge in [-0.1, -0.05) is 25.5 Å². The molecular weight excluding hydrogens is 268 g/mol. The van der Waals surface area contributed by atoms with E-state index in [4.69, 9.17) is 9.47 Å². The number of hydrogen-bond donors (Lipinski definition) is 0. The molecule has 0 heterocycles. The summed E-state index contributed by atoms with van der Waals surface area (Å²) >= 11 is 0. The van der Waals surface area contributed by atoms with Crippen LogP contribution in [0.5, 0.6) is 0 Å². The van der Waals surface area contributed by atoms with E-state index in [0.29, 0.717) is 5.92 Å². The van der Waals surface area contributed by atoms with E-state index in [0.717, 1.165) is 24.8 Å². The molecule has 120 valence electrons. The summed E-state index contributed by atoms with van der Waals surface area (Å²) in [5.41, 5.74) is 1.03. The van der Waals surface area contributed by atoms with Crippen molar-refractivity contribution in [2.75, 3.05) is 13.2 Å². The summed E-state index contributed by atoms with van der Waals surface area (Å²) in [6.07, 6.45) is 2.91. The molecule has 0 bridgehead atoms. The van der Waals surface area contributed by atoms with Gasteiger partial charge in [-0.25, -0.2) is 0 Å². The Labute approximate surface area is 127 Å². The highest BCUT2D eigenvalue weighted by molar-refractivity contribution is 5.95. The first-order valence-corrected chi connectivity index (χ1v) is 7.90. The lowest BCUT2D eigenvalue weighted by Gasteiger charge is -2.38. The van der Waals surface area contributed by atoms with Crippen molar-refractivity contribution in [3.63, 3.8) is 0 Å². The quantitative estimate of drug-likeness (QED) is 0.428. The maximum absolute atomic E-state index is 12.3. The van der Waals surface area contributed by atoms with Crippen molar-refractivity contribution in [2.24, 2.45) is 23.7 Å². The van der Waals surface area contributed by atoms with Crippen molar-refractivity contribution in [3.05, 3.63) is 12.2 Å². The first-order valence-electron chi connectivity index (χ1n) is 7.90. The summed E-state index contributed by atoms with van der Waals surface area (Å²) in [5.74, 6) is -1.13. The minimum atomic E-state index is -0.825. The molecule has 0 amide bonds. The number of ether oxygens (including phenoxy) is 2. The van der Waals surface area contributed by atoms with Crippen molar-refractivity contribution in [3.8, 4) is 0 Å². The number of hydrogen-bond acceptors (Lipinski definition) is 4. The van der Waals surface area contributed by atoms with Crippen LogP contribution in [-0.2, 0) is 19.1 Å². The molecule has 1 fully saturated rings. The Hall–Kier alpha value is -1.32. The molecule has 0 aromatic carbocycles. The van der Waals surface area contributed by atoms with Crippen molar-refractivity contribution >= 4 is 11.9 Å². The Morgan fingerprint density at radius 2 is 1.67 bits per heavy atom. The third-order valence-corrected chi connectivity index (χ3v) is 4.30. The Bertz CT molecular complexity index is 370. The van der Waals surface area contributed by atoms with Gasteiger partial charge in [-0.15, -0.1) is 0 Å². The molecule has 4 heteroatoms. The molecule has 0 aromatic heterocycles. The Kier molecular flexibility index (Phi) is 6.93. The summed E-state index contributed by atoms with van der Waals surface area (Å²) in [4.78, 5) is 24.6. The third-order valence-electron chi connectivity index (χ3n) is 4.30. The standard InChI is InChI=1S/C17H28O4/c1-6-20-16(18)15(17(19)21-7-2)14-10-12(5)8-9-13(14)11(3)4/h12-15H,3,6-10H2,1-2,4-5H3/t12-,13+,14-/m1/s1. The number of rotatable bonds is 6. The molecule has 0 N–H and O–H groups in total. The number of carbonyl (C=O) groups is 2. The molecule has 0 spiro atoms. The molecule has 3 atom stereocenters. The van der Waals surface area contributed by atoms with E-state index < -0.39 is 17.9 Å². The first-order chi connectivity index (χ1) is 9.92. The molecule has 4 nitrogen and oxygen atoms in total. The van der Waals surface area contributed by atoms with Crippen LogP contribution in [0.1, 0.15) is 47.0 Å². The van der Waals surface area contributed by atoms with Crippen molar-refractivity contribution < 1.29 is 19.1 Å². The fourth-order valence-corrected chi connectivity index (χ4v) is 3.32. The van der Waals surface area contributed by atoms with E-state index >= 15 is 0 Å². The van der Waals surface area contributed by atoms with Gasteiger partial charge < -0.3 is 9.47 Å². The molecule has 0 saturated heterocycles. The zero-order chi connectivity index (χ0) is 16.0. The van der Waals surface area contributed by atoms with Crippen molar-refractivity contribution in [2.45, 2.75) is 47.0 Å². The van der Waals surface area contributed by atoms with Gasteiger partial charge in [0.05, 0.1) is 13.2 Å². The predicted molar refractivity (Wildman–Crippen MR) is 81.6 cm³/mol. The third kappa shape index (κ3) is 4.58. The van der Waals surface area contributed by atoms with Gasteiger partial charge in [0, 0.05) is 0 Å². The second-order valence-corrected chi connectivity index (χ2v) is 6.02. The van der Waals surface area contributed by atoms with E-state index in [1.165, 1.54) is 0 Å². The van der Waals surface area contributed by atoms with Crippen LogP contribution < -0.4 is 0 Å². The van der Waals surface area contributed by atoms with Crippen LogP contribution in [0.25, 0.3) is 0 Å². The Morgan fingerprint density at radius 1 is 1.14 bits per heavy atom. The average Bonchev–Trinajstić information content (AvgIpc) is 2.39. The lowest BCUT2D eigenvalue weighted by molar-refractivity contribution is -0.166. The molecule has 1 rings (SSSR count). The summed E-state index contributed by atoms with van der Waals surface area (Å²) < 4.78 is 10.2. The predicted octanol–water partition coefficient (Wildman–Crippen LogP) is 3.36. The molecule has 1 aliphatic rings. The molecule has 1 aliphatic carbocycles. The summed E-state index contributed by atoms with van der Waals surface area (Å²) in [6, 6.07) is 0. The lowest BCUT2D eigenvalue weighted by atomic mass is 9.67. The van der Waals surface area contributed by atoms with Gasteiger partial charge in [-0.2, -0.15) is 0 Å². The lowest BCUT2D eigenvalue weighted by Crippen LogP contribution is -2.41. The van der Waals surface area contributed by atoms with Gasteiger partial charge in [-0.05, 0) is 51.4 Å². The smallest absolute Gasteiger partial charge is 0.320 e. The van der Waals surface area contributed by atoms with Crippen LogP contribution in [0.4, 0.5) is 0 Å². The second-order valence-electron chi connectivity index (χ2n) is 6.02. The van der Waals surface area contributed by atoms with E-state index in [2.05, 4.69) is 13.5 Å². The molecule has 0 aromatic rings. The van der Waals surface area contributed by atoms with Gasteiger partial charge in [0.15, 0.2) is 5.92 Å². The maximum Gasteiger partial charge on any atom is 0.320 e. The first kappa shape index (κ1) is 17.7. The van der Waals surface area contributed by atoms with E-state index in [1.807, 2.05) is 6.92 Å². The minimum Gasteiger partial charge on any atom is -0.465 e. The van der Waals surface area contributed by atoms with Gasteiger partial charge in [0.25, 0.3) is 0 Å². The fraction of sp³-hybridized carbons (Fsp3) is 0.765. The molecular formula is C17H28O4. The molecule has 0 aliphatic heterocycles. The SMILES string of the molecule is C=C(C)[C@@H]1CC[C@@H](C)C[C@H]1C(C(=O)OCC)C(=O)OCC. The summed E-state index contributed by atoms with van der Waals surface area (Å²) in [5, 5.41) is 0. The van der Waals surface area contributed by atoms with Gasteiger partial charge in [0.1, 0.15) is 0 Å². The second kappa shape index (κ2) is 8.20. The average molecular weight is 296 g/mol. The van der Waals surface area contributed by atoms with E-state index in [-0.39, 0.29) is 25.0 Å². The number of carbonyl (C=O) groups excluding carboxylic acids is 2. The molecule has 1 saturated carbocycles. The fourth-order valence-electron chi connectivity index (χ4n) is 3.32. The highest BCUT2D eigenvalue weighted by Crippen LogP contribution is 2.42. The topological polar surface area (TPSA) is 52.6 Å². The summed E-state index contributed by atoms with van der Waals surface area (Å²) in [7, 11) is 0. The van der Waals surface area contributed by atoms with Crippen LogP contribution in [-0.4, -0.2) is 25.2 Å². The highest BCUT2D eigenvalue weighted by atomic mass is 16.6. The van der Waals surface area contributed by atoms with Crippen LogP contribution in [0.2, 0.25) is 0 Å². The Balaban J connectivity index is 3.04. The summed E-state index contributed by atoms with van der Waals surface area (Å²) in [6.45, 7) is 12.2. The van der Waals surface area contributed by atoms with Crippen molar-refractivity contribution in [1.29, 1.82) is 0 Å². The monoisotopic (exact) mass is 296 g/mol.